The molecule has 0 bridgehead atoms. The van der Waals surface area contributed by atoms with Crippen molar-refractivity contribution in [1.82, 2.24) is 9.97 Å². The second-order valence-electron chi connectivity index (χ2n) is 8.24. The number of hydrogen-bond acceptors (Lipinski definition) is 4. The van der Waals surface area contributed by atoms with Crippen molar-refractivity contribution in [3.05, 3.63) is 83.9 Å². The van der Waals surface area contributed by atoms with Gasteiger partial charge in [0.25, 0.3) is 5.91 Å². The number of pyridine rings is 2. The number of rotatable bonds is 6. The molecule has 3 rings (SSSR count). The predicted octanol–water partition coefficient (Wildman–Crippen LogP) is 4.71. The van der Waals surface area contributed by atoms with Gasteiger partial charge in [0.1, 0.15) is 0 Å². The topological polar surface area (TPSA) is 58.1 Å². The van der Waals surface area contributed by atoms with Crippen LogP contribution in [0.5, 0.6) is 0 Å². The molecular weight excluding hydrogens is 360 g/mol. The fourth-order valence-electron chi connectivity index (χ4n) is 2.99. The molecule has 0 radical (unpaired) electrons. The van der Waals surface area contributed by atoms with Gasteiger partial charge in [-0.15, -0.1) is 0 Å². The van der Waals surface area contributed by atoms with Crippen LogP contribution in [0.15, 0.2) is 67.3 Å². The molecule has 0 aliphatic rings. The van der Waals surface area contributed by atoms with Gasteiger partial charge in [-0.3, -0.25) is 14.8 Å². The van der Waals surface area contributed by atoms with Crippen molar-refractivity contribution in [3.8, 4) is 0 Å². The third-order valence-corrected chi connectivity index (χ3v) is 4.92. The van der Waals surface area contributed by atoms with E-state index in [1.165, 1.54) is 11.1 Å². The highest BCUT2D eigenvalue weighted by molar-refractivity contribution is 6.04. The molecule has 5 heteroatoms. The van der Waals surface area contributed by atoms with Gasteiger partial charge in [0.05, 0.1) is 17.4 Å². The molecule has 2 aromatic heterocycles. The lowest BCUT2D eigenvalue weighted by Gasteiger charge is -2.20. The average Bonchev–Trinajstić information content (AvgIpc) is 2.72. The van der Waals surface area contributed by atoms with Gasteiger partial charge in [0.15, 0.2) is 0 Å². The van der Waals surface area contributed by atoms with Gasteiger partial charge in [0, 0.05) is 37.9 Å². The summed E-state index contributed by atoms with van der Waals surface area (Å²) in [6, 6.07) is 13.9. The third kappa shape index (κ3) is 5.64. The van der Waals surface area contributed by atoms with E-state index in [4.69, 9.17) is 0 Å². The number of nitrogens with one attached hydrogen (secondary N) is 1. The summed E-state index contributed by atoms with van der Waals surface area (Å²) in [6.07, 6.45) is 7.88. The number of aromatic nitrogens is 2. The zero-order valence-corrected chi connectivity index (χ0v) is 17.5. The van der Waals surface area contributed by atoms with Crippen LogP contribution in [0.25, 0.3) is 0 Å². The van der Waals surface area contributed by atoms with Crippen LogP contribution in [0.1, 0.15) is 42.3 Å². The number of hydrogen-bond donors (Lipinski definition) is 1. The molecule has 2 heterocycles. The SMILES string of the molecule is CN(CCc1ccncc1)c1cncc(C(=O)Nc2ccc(C(C)(C)C)cc2)c1. The average molecular weight is 389 g/mol. The maximum atomic E-state index is 12.7. The van der Waals surface area contributed by atoms with E-state index in [1.807, 2.05) is 37.4 Å². The molecule has 0 atom stereocenters. The highest BCUT2D eigenvalue weighted by Crippen LogP contribution is 2.24. The maximum absolute atomic E-state index is 12.7. The molecule has 5 nitrogen and oxygen atoms in total. The fourth-order valence-corrected chi connectivity index (χ4v) is 2.99. The van der Waals surface area contributed by atoms with Gasteiger partial charge >= 0.3 is 0 Å². The summed E-state index contributed by atoms with van der Waals surface area (Å²) in [7, 11) is 2.01. The van der Waals surface area contributed by atoms with E-state index in [-0.39, 0.29) is 11.3 Å². The molecule has 0 spiro atoms. The van der Waals surface area contributed by atoms with Crippen LogP contribution < -0.4 is 10.2 Å². The number of nitrogens with zero attached hydrogens (tertiary/aromatic N) is 3. The lowest BCUT2D eigenvalue weighted by atomic mass is 9.87. The number of carbonyl (C=O) groups is 1. The molecule has 1 N–H and O–H groups in total. The number of carbonyl (C=O) groups excluding carboxylic acids is 1. The summed E-state index contributed by atoms with van der Waals surface area (Å²) in [5.41, 5.74) is 4.77. The maximum Gasteiger partial charge on any atom is 0.257 e. The molecule has 150 valence electrons. The first-order valence-electron chi connectivity index (χ1n) is 9.80. The Kier molecular flexibility index (Phi) is 6.27. The standard InChI is InChI=1S/C24H28N4O/c1-24(2,3)20-5-7-21(8-6-20)27-23(29)19-15-22(17-26-16-19)28(4)14-11-18-9-12-25-13-10-18/h5-10,12-13,15-17H,11,14H2,1-4H3,(H,27,29). The molecule has 0 aliphatic heterocycles. The van der Waals surface area contributed by atoms with Crippen molar-refractivity contribution in [1.29, 1.82) is 0 Å². The molecule has 0 aliphatic carbocycles. The molecule has 0 unspecified atom stereocenters. The second-order valence-corrected chi connectivity index (χ2v) is 8.24. The quantitative estimate of drug-likeness (QED) is 0.665. The first-order chi connectivity index (χ1) is 13.8. The van der Waals surface area contributed by atoms with E-state index in [1.54, 1.807) is 24.8 Å². The third-order valence-electron chi connectivity index (χ3n) is 4.92. The van der Waals surface area contributed by atoms with Crippen molar-refractivity contribution >= 4 is 17.3 Å². The van der Waals surface area contributed by atoms with Gasteiger partial charge in [-0.05, 0) is 53.3 Å². The summed E-state index contributed by atoms with van der Waals surface area (Å²) in [5.74, 6) is -0.162. The molecular formula is C24H28N4O. The number of likely N-dealkylation sites (N-methyl/N-ethyl adjacent to an activating group) is 1. The summed E-state index contributed by atoms with van der Waals surface area (Å²) in [6.45, 7) is 7.33. The van der Waals surface area contributed by atoms with E-state index in [2.05, 4.69) is 53.1 Å². The minimum Gasteiger partial charge on any atom is -0.373 e. The van der Waals surface area contributed by atoms with Crippen molar-refractivity contribution in [2.45, 2.75) is 32.6 Å². The van der Waals surface area contributed by atoms with Crippen LogP contribution in [0.2, 0.25) is 0 Å². The molecule has 1 aromatic carbocycles. The Balaban J connectivity index is 1.64. The Bertz CT molecular complexity index is 947. The zero-order valence-electron chi connectivity index (χ0n) is 17.5. The highest BCUT2D eigenvalue weighted by Gasteiger charge is 2.14. The van der Waals surface area contributed by atoms with Crippen LogP contribution in [-0.2, 0) is 11.8 Å². The fraction of sp³-hybridized carbons (Fsp3) is 0.292. The van der Waals surface area contributed by atoms with E-state index in [9.17, 15) is 4.79 Å². The lowest BCUT2D eigenvalue weighted by Crippen LogP contribution is -2.21. The Morgan fingerprint density at radius 3 is 2.34 bits per heavy atom. The largest absolute Gasteiger partial charge is 0.373 e. The molecule has 3 aromatic rings. The van der Waals surface area contributed by atoms with E-state index in [0.29, 0.717) is 5.56 Å². The molecule has 0 fully saturated rings. The zero-order chi connectivity index (χ0) is 20.9. The minimum absolute atomic E-state index is 0.0850. The van der Waals surface area contributed by atoms with Crippen LogP contribution in [0.3, 0.4) is 0 Å². The van der Waals surface area contributed by atoms with Crippen molar-refractivity contribution in [3.63, 3.8) is 0 Å². The Morgan fingerprint density at radius 2 is 1.69 bits per heavy atom. The van der Waals surface area contributed by atoms with Crippen LogP contribution in [-0.4, -0.2) is 29.5 Å². The van der Waals surface area contributed by atoms with Gasteiger partial charge in [-0.25, -0.2) is 0 Å². The van der Waals surface area contributed by atoms with Crippen LogP contribution in [0.4, 0.5) is 11.4 Å². The Morgan fingerprint density at radius 1 is 1.00 bits per heavy atom. The van der Waals surface area contributed by atoms with Crippen molar-refractivity contribution in [2.75, 3.05) is 23.8 Å². The van der Waals surface area contributed by atoms with E-state index in [0.717, 1.165) is 24.3 Å². The summed E-state index contributed by atoms with van der Waals surface area (Å²) >= 11 is 0. The second kappa shape index (κ2) is 8.86. The van der Waals surface area contributed by atoms with Crippen molar-refractivity contribution in [2.24, 2.45) is 0 Å². The number of benzene rings is 1. The normalized spacial score (nSPS) is 11.2. The van der Waals surface area contributed by atoms with Gasteiger partial charge in [-0.2, -0.15) is 0 Å². The number of amides is 1. The predicted molar refractivity (Wildman–Crippen MR) is 119 cm³/mol. The van der Waals surface area contributed by atoms with Crippen LogP contribution >= 0.6 is 0 Å². The lowest BCUT2D eigenvalue weighted by molar-refractivity contribution is 0.102. The molecule has 29 heavy (non-hydrogen) atoms. The summed E-state index contributed by atoms with van der Waals surface area (Å²) in [5, 5.41) is 2.96. The van der Waals surface area contributed by atoms with Gasteiger partial charge in [0.2, 0.25) is 0 Å². The molecule has 0 saturated heterocycles. The first-order valence-corrected chi connectivity index (χ1v) is 9.80. The van der Waals surface area contributed by atoms with E-state index >= 15 is 0 Å². The molecule has 0 saturated carbocycles. The van der Waals surface area contributed by atoms with Gasteiger partial charge < -0.3 is 10.2 Å². The highest BCUT2D eigenvalue weighted by atomic mass is 16.1. The summed E-state index contributed by atoms with van der Waals surface area (Å²) in [4.78, 5) is 23.1. The monoisotopic (exact) mass is 388 g/mol. The van der Waals surface area contributed by atoms with E-state index < -0.39 is 0 Å². The smallest absolute Gasteiger partial charge is 0.257 e. The minimum atomic E-state index is -0.162. The van der Waals surface area contributed by atoms with Crippen LogP contribution in [0, 0.1) is 0 Å². The number of anilines is 2. The Hall–Kier alpha value is -3.21. The Labute approximate surface area is 172 Å². The first kappa shape index (κ1) is 20.5. The molecule has 1 amide bonds. The summed E-state index contributed by atoms with van der Waals surface area (Å²) < 4.78 is 0. The van der Waals surface area contributed by atoms with Gasteiger partial charge in [-0.1, -0.05) is 32.9 Å². The van der Waals surface area contributed by atoms with Crippen molar-refractivity contribution < 1.29 is 4.79 Å².